The number of fused-ring (bicyclic) bond motifs is 4. The van der Waals surface area contributed by atoms with Gasteiger partial charge in [0.15, 0.2) is 0 Å². The van der Waals surface area contributed by atoms with E-state index in [-0.39, 0.29) is 17.5 Å². The van der Waals surface area contributed by atoms with Crippen molar-refractivity contribution in [1.29, 1.82) is 0 Å². The zero-order valence-electron chi connectivity index (χ0n) is 41.5. The molecule has 0 fully saturated rings. The molecule has 0 aliphatic carbocycles. The van der Waals surface area contributed by atoms with E-state index < -0.39 is 0 Å². The van der Waals surface area contributed by atoms with Crippen LogP contribution in [0.3, 0.4) is 0 Å². The van der Waals surface area contributed by atoms with Gasteiger partial charge in [0.1, 0.15) is 0 Å². The average molecular weight is 913 g/mol. The minimum absolute atomic E-state index is 0.0563. The standard InChI is InChI=1S/C68H57BN2/c1-67(2,3)55-40-54(41-56(45-55)68(4,5)6)58-42-51(47-22-13-8-14-23-47)32-37-61(58)71-63-39-34-53(49-26-17-10-18-27-49)44-60(63)69-59-43-52(48-24-15-9-16-25-48)33-38-62(59)70(64-28-19-29-65(71)66(64)69)57-35-30-50(31-36-57)46-20-11-7-12-21-46/h7-45H,1-6H3. The van der Waals surface area contributed by atoms with Gasteiger partial charge in [-0.15, -0.1) is 0 Å². The second kappa shape index (κ2) is 17.4. The van der Waals surface area contributed by atoms with Crippen LogP contribution in [-0.4, -0.2) is 6.71 Å². The molecule has 2 aliphatic rings. The molecule has 0 amide bonds. The number of anilines is 6. The number of hydrogen-bond acceptors (Lipinski definition) is 2. The first-order valence-electron chi connectivity index (χ1n) is 25.1. The lowest BCUT2D eigenvalue weighted by atomic mass is 9.33. The minimum Gasteiger partial charge on any atom is -0.311 e. The Labute approximate surface area is 420 Å². The lowest BCUT2D eigenvalue weighted by molar-refractivity contribution is 0.569. The van der Waals surface area contributed by atoms with Crippen molar-refractivity contribution < 1.29 is 0 Å². The Hall–Kier alpha value is -8.14. The summed E-state index contributed by atoms with van der Waals surface area (Å²) in [7, 11) is 0. The van der Waals surface area contributed by atoms with E-state index in [0.29, 0.717) is 0 Å². The maximum Gasteiger partial charge on any atom is 0.252 e. The monoisotopic (exact) mass is 912 g/mol. The SMILES string of the molecule is CC(C)(C)c1cc(-c2cc(-c3ccccc3)ccc2N2c3ccc(-c4ccccc4)cc3B3c4cc(-c5ccccc5)ccc4N(c4ccc(-c5ccccc5)cc4)c4cccc2c43)cc(C(C)(C)C)c1. The molecule has 0 N–H and O–H groups in total. The molecule has 12 rings (SSSR count). The van der Waals surface area contributed by atoms with Crippen molar-refractivity contribution >= 4 is 57.2 Å². The molecule has 0 saturated heterocycles. The van der Waals surface area contributed by atoms with Crippen molar-refractivity contribution in [1.82, 2.24) is 0 Å². The highest BCUT2D eigenvalue weighted by Crippen LogP contribution is 2.49. The maximum absolute atomic E-state index is 2.59. The third-order valence-electron chi connectivity index (χ3n) is 14.8. The highest BCUT2D eigenvalue weighted by molar-refractivity contribution is 7.00. The summed E-state index contributed by atoms with van der Waals surface area (Å²) in [5.41, 5.74) is 25.5. The van der Waals surface area contributed by atoms with Crippen molar-refractivity contribution in [3.8, 4) is 55.6 Å². The van der Waals surface area contributed by atoms with E-state index in [4.69, 9.17) is 0 Å². The van der Waals surface area contributed by atoms with Crippen molar-refractivity contribution in [2.24, 2.45) is 0 Å². The van der Waals surface area contributed by atoms with Crippen LogP contribution in [0, 0.1) is 0 Å². The Kier molecular flexibility index (Phi) is 10.8. The summed E-state index contributed by atoms with van der Waals surface area (Å²) in [5, 5.41) is 0. The number of hydrogen-bond donors (Lipinski definition) is 0. The van der Waals surface area contributed by atoms with Gasteiger partial charge >= 0.3 is 0 Å². The van der Waals surface area contributed by atoms with Crippen LogP contribution < -0.4 is 26.2 Å². The molecule has 0 unspecified atom stereocenters. The van der Waals surface area contributed by atoms with Gasteiger partial charge in [-0.1, -0.05) is 230 Å². The molecule has 0 aromatic heterocycles. The van der Waals surface area contributed by atoms with E-state index in [1.54, 1.807) is 0 Å². The highest BCUT2D eigenvalue weighted by atomic mass is 15.2. The molecular weight excluding hydrogens is 856 g/mol. The van der Waals surface area contributed by atoms with Gasteiger partial charge in [0, 0.05) is 34.0 Å². The van der Waals surface area contributed by atoms with Crippen molar-refractivity contribution in [2.75, 3.05) is 9.80 Å². The van der Waals surface area contributed by atoms with Crippen LogP contribution in [0.15, 0.2) is 237 Å². The van der Waals surface area contributed by atoms with Crippen LogP contribution in [-0.2, 0) is 10.8 Å². The third kappa shape index (κ3) is 7.96. The summed E-state index contributed by atoms with van der Waals surface area (Å²) >= 11 is 0. The topological polar surface area (TPSA) is 6.48 Å². The summed E-state index contributed by atoms with van der Waals surface area (Å²) in [6.45, 7) is 14.0. The number of benzene rings is 10. The van der Waals surface area contributed by atoms with Gasteiger partial charge < -0.3 is 9.80 Å². The normalized spacial score (nSPS) is 12.8. The summed E-state index contributed by atoms with van der Waals surface area (Å²) < 4.78 is 0. The van der Waals surface area contributed by atoms with Gasteiger partial charge in [0.05, 0.1) is 5.69 Å². The maximum atomic E-state index is 2.59. The first-order chi connectivity index (χ1) is 34.5. The van der Waals surface area contributed by atoms with E-state index in [1.165, 1.54) is 106 Å². The molecule has 342 valence electrons. The zero-order valence-corrected chi connectivity index (χ0v) is 41.5. The van der Waals surface area contributed by atoms with Crippen LogP contribution in [0.5, 0.6) is 0 Å². The van der Waals surface area contributed by atoms with Gasteiger partial charge in [-0.3, -0.25) is 0 Å². The molecule has 2 nitrogen and oxygen atoms in total. The van der Waals surface area contributed by atoms with Crippen LogP contribution in [0.1, 0.15) is 52.7 Å². The van der Waals surface area contributed by atoms with E-state index in [1.807, 2.05) is 0 Å². The first kappa shape index (κ1) is 44.1. The molecule has 0 spiro atoms. The zero-order chi connectivity index (χ0) is 48.4. The molecular formula is C68H57BN2. The molecule has 2 heterocycles. The molecule has 10 aromatic rings. The van der Waals surface area contributed by atoms with E-state index in [9.17, 15) is 0 Å². The fourth-order valence-electron chi connectivity index (χ4n) is 11.0. The van der Waals surface area contributed by atoms with Gasteiger partial charge in [-0.05, 0) is 137 Å². The van der Waals surface area contributed by atoms with Crippen molar-refractivity contribution in [3.05, 3.63) is 248 Å². The fourth-order valence-corrected chi connectivity index (χ4v) is 11.0. The molecule has 10 aromatic carbocycles. The average Bonchev–Trinajstić information content (AvgIpc) is 3.41. The molecule has 0 bridgehead atoms. The Morgan fingerprint density at radius 1 is 0.282 bits per heavy atom. The Morgan fingerprint density at radius 2 is 0.662 bits per heavy atom. The number of nitrogens with zero attached hydrogens (tertiary/aromatic N) is 2. The summed E-state index contributed by atoms with van der Waals surface area (Å²) in [4.78, 5) is 5.10. The molecule has 3 heteroatoms. The second-order valence-electron chi connectivity index (χ2n) is 21.4. The van der Waals surface area contributed by atoms with Crippen LogP contribution in [0.25, 0.3) is 55.6 Å². The largest absolute Gasteiger partial charge is 0.311 e. The van der Waals surface area contributed by atoms with E-state index in [0.717, 1.165) is 11.4 Å². The predicted octanol–water partition coefficient (Wildman–Crippen LogP) is 16.7. The second-order valence-corrected chi connectivity index (χ2v) is 21.4. The number of rotatable bonds is 7. The van der Waals surface area contributed by atoms with Crippen LogP contribution in [0.2, 0.25) is 0 Å². The minimum atomic E-state index is -0.0571. The summed E-state index contributed by atoms with van der Waals surface area (Å²) in [6.07, 6.45) is 0. The predicted molar refractivity (Wildman–Crippen MR) is 305 cm³/mol. The summed E-state index contributed by atoms with van der Waals surface area (Å²) in [5.74, 6) is 0. The van der Waals surface area contributed by atoms with Gasteiger partial charge in [0.25, 0.3) is 6.71 Å². The Bertz CT molecular complexity index is 3560. The fraction of sp³-hybridized carbons (Fsp3) is 0.118. The van der Waals surface area contributed by atoms with Crippen LogP contribution >= 0.6 is 0 Å². The van der Waals surface area contributed by atoms with E-state index >= 15 is 0 Å². The van der Waals surface area contributed by atoms with Crippen LogP contribution in [0.4, 0.5) is 34.1 Å². The third-order valence-corrected chi connectivity index (χ3v) is 14.8. The van der Waals surface area contributed by atoms with Gasteiger partial charge in [0.2, 0.25) is 0 Å². The van der Waals surface area contributed by atoms with E-state index in [2.05, 4.69) is 288 Å². The lowest BCUT2D eigenvalue weighted by Gasteiger charge is -2.44. The molecule has 2 aliphatic heterocycles. The van der Waals surface area contributed by atoms with Gasteiger partial charge in [-0.2, -0.15) is 0 Å². The van der Waals surface area contributed by atoms with Crippen molar-refractivity contribution in [2.45, 2.75) is 52.4 Å². The molecule has 71 heavy (non-hydrogen) atoms. The Morgan fingerprint density at radius 3 is 1.13 bits per heavy atom. The quantitative estimate of drug-likeness (QED) is 0.147. The lowest BCUT2D eigenvalue weighted by Crippen LogP contribution is -2.61. The van der Waals surface area contributed by atoms with Gasteiger partial charge in [-0.25, -0.2) is 0 Å². The molecule has 0 radical (unpaired) electrons. The first-order valence-corrected chi connectivity index (χ1v) is 25.1. The smallest absolute Gasteiger partial charge is 0.252 e. The molecule has 0 atom stereocenters. The highest BCUT2D eigenvalue weighted by Gasteiger charge is 2.44. The summed E-state index contributed by atoms with van der Waals surface area (Å²) in [6, 6.07) is 88.3. The molecule has 0 saturated carbocycles. The van der Waals surface area contributed by atoms with Crippen molar-refractivity contribution in [3.63, 3.8) is 0 Å². The Balaban J connectivity index is 1.15.